The van der Waals surface area contributed by atoms with Crippen LogP contribution in [0.1, 0.15) is 12.5 Å². The summed E-state index contributed by atoms with van der Waals surface area (Å²) >= 11 is 12.9. The summed E-state index contributed by atoms with van der Waals surface area (Å²) < 4.78 is 0. The van der Waals surface area contributed by atoms with Crippen LogP contribution in [0.3, 0.4) is 0 Å². The van der Waals surface area contributed by atoms with Crippen molar-refractivity contribution in [3.8, 4) is 11.1 Å². The Bertz CT molecular complexity index is 953. The lowest BCUT2D eigenvalue weighted by Crippen LogP contribution is -2.51. The molecule has 2 amide bonds. The van der Waals surface area contributed by atoms with Gasteiger partial charge in [-0.2, -0.15) is 0 Å². The molecule has 1 aliphatic rings. The Morgan fingerprint density at radius 1 is 1.03 bits per heavy atom. The fourth-order valence-electron chi connectivity index (χ4n) is 3.55. The summed E-state index contributed by atoms with van der Waals surface area (Å²) in [7, 11) is 0. The zero-order chi connectivity index (χ0) is 21.7. The Morgan fingerprint density at radius 3 is 2.33 bits per heavy atom. The number of benzene rings is 2. The van der Waals surface area contributed by atoms with E-state index >= 15 is 0 Å². The quantitative estimate of drug-likeness (QED) is 0.666. The van der Waals surface area contributed by atoms with Gasteiger partial charge in [-0.1, -0.05) is 54.9 Å². The maximum Gasteiger partial charge on any atom is 0.246 e. The minimum Gasteiger partial charge on any atom is -0.376 e. The predicted molar refractivity (Wildman–Crippen MR) is 123 cm³/mol. The monoisotopic (exact) mass is 445 g/mol. The molecular weight excluding hydrogens is 421 g/mol. The van der Waals surface area contributed by atoms with Crippen molar-refractivity contribution >= 4 is 40.7 Å². The summed E-state index contributed by atoms with van der Waals surface area (Å²) in [6.45, 7) is 7.81. The van der Waals surface area contributed by atoms with Gasteiger partial charge in [0, 0.05) is 53.0 Å². The second-order valence-corrected chi connectivity index (χ2v) is 7.90. The van der Waals surface area contributed by atoms with E-state index in [1.807, 2.05) is 43.3 Å². The molecule has 0 atom stereocenters. The summed E-state index contributed by atoms with van der Waals surface area (Å²) in [4.78, 5) is 27.9. The number of anilines is 1. The average molecular weight is 446 g/mol. The van der Waals surface area contributed by atoms with Gasteiger partial charge >= 0.3 is 0 Å². The first kappa shape index (κ1) is 22.2. The maximum atomic E-state index is 12.7. The van der Waals surface area contributed by atoms with Gasteiger partial charge in [0.05, 0.1) is 6.54 Å². The van der Waals surface area contributed by atoms with Crippen LogP contribution >= 0.6 is 23.2 Å². The molecule has 0 radical (unpaired) electrons. The van der Waals surface area contributed by atoms with E-state index in [4.69, 9.17) is 23.2 Å². The molecule has 1 fully saturated rings. The second kappa shape index (κ2) is 10.0. The molecule has 1 N–H and O–H groups in total. The van der Waals surface area contributed by atoms with Crippen LogP contribution in [0.2, 0.25) is 10.0 Å². The van der Waals surface area contributed by atoms with E-state index in [0.717, 1.165) is 28.8 Å². The van der Waals surface area contributed by atoms with Gasteiger partial charge in [-0.15, -0.1) is 0 Å². The Kier molecular flexibility index (Phi) is 7.40. The molecule has 0 aliphatic carbocycles. The molecule has 30 heavy (non-hydrogen) atoms. The van der Waals surface area contributed by atoms with Crippen molar-refractivity contribution in [1.29, 1.82) is 0 Å². The van der Waals surface area contributed by atoms with E-state index in [2.05, 4.69) is 11.9 Å². The normalized spacial score (nSPS) is 13.8. The second-order valence-electron chi connectivity index (χ2n) is 7.09. The number of rotatable bonds is 6. The Balaban J connectivity index is 1.71. The summed E-state index contributed by atoms with van der Waals surface area (Å²) in [5.41, 5.74) is 3.57. The van der Waals surface area contributed by atoms with Crippen molar-refractivity contribution in [2.45, 2.75) is 13.3 Å². The number of amides is 2. The van der Waals surface area contributed by atoms with Crippen molar-refractivity contribution in [1.82, 2.24) is 9.80 Å². The largest absolute Gasteiger partial charge is 0.376 e. The number of aryl methyl sites for hydroxylation is 1. The third kappa shape index (κ3) is 4.97. The topological polar surface area (TPSA) is 52.7 Å². The molecule has 2 aromatic rings. The lowest BCUT2D eigenvalue weighted by atomic mass is 10.0. The van der Waals surface area contributed by atoms with Crippen LogP contribution in [0.5, 0.6) is 0 Å². The number of hydrogen-bond acceptors (Lipinski definition) is 3. The number of piperazine rings is 1. The number of halogens is 2. The van der Waals surface area contributed by atoms with E-state index in [1.165, 1.54) is 6.08 Å². The molecule has 0 bridgehead atoms. The molecule has 5 nitrogen and oxygen atoms in total. The fraction of sp³-hybridized carbons (Fsp3) is 0.304. The summed E-state index contributed by atoms with van der Waals surface area (Å²) in [6.07, 6.45) is 2.09. The maximum absolute atomic E-state index is 12.7. The van der Waals surface area contributed by atoms with Gasteiger partial charge in [0.1, 0.15) is 0 Å². The fourth-order valence-corrected chi connectivity index (χ4v) is 4.07. The van der Waals surface area contributed by atoms with Gasteiger partial charge in [0.15, 0.2) is 0 Å². The van der Waals surface area contributed by atoms with E-state index in [9.17, 15) is 9.59 Å². The molecule has 0 aromatic heterocycles. The first-order valence-corrected chi connectivity index (χ1v) is 10.7. The molecule has 7 heteroatoms. The highest BCUT2D eigenvalue weighted by Crippen LogP contribution is 2.36. The lowest BCUT2D eigenvalue weighted by Gasteiger charge is -2.34. The molecule has 2 aromatic carbocycles. The highest BCUT2D eigenvalue weighted by atomic mass is 35.5. The number of nitrogens with one attached hydrogen (secondary N) is 1. The molecular formula is C23H25Cl2N3O2. The van der Waals surface area contributed by atoms with Crippen molar-refractivity contribution in [3.05, 3.63) is 64.7 Å². The molecule has 1 aliphatic heterocycles. The van der Waals surface area contributed by atoms with Crippen LogP contribution in [0, 0.1) is 0 Å². The van der Waals surface area contributed by atoms with Gasteiger partial charge in [-0.3, -0.25) is 9.59 Å². The van der Waals surface area contributed by atoms with Gasteiger partial charge < -0.3 is 15.1 Å². The Hall–Kier alpha value is -2.50. The third-order valence-electron chi connectivity index (χ3n) is 5.29. The Labute approximate surface area is 187 Å². The van der Waals surface area contributed by atoms with Crippen molar-refractivity contribution < 1.29 is 9.59 Å². The first-order valence-electron chi connectivity index (χ1n) is 9.95. The summed E-state index contributed by atoms with van der Waals surface area (Å²) in [5.74, 6) is -0.0990. The molecule has 0 saturated carbocycles. The average Bonchev–Trinajstić information content (AvgIpc) is 2.77. The lowest BCUT2D eigenvalue weighted by molar-refractivity contribution is -0.135. The van der Waals surface area contributed by atoms with Gasteiger partial charge in [-0.25, -0.2) is 0 Å². The van der Waals surface area contributed by atoms with Gasteiger partial charge in [0.2, 0.25) is 11.8 Å². The predicted octanol–water partition coefficient (Wildman–Crippen LogP) is 4.49. The number of hydrogen-bond donors (Lipinski definition) is 1. The first-order chi connectivity index (χ1) is 14.4. The molecule has 1 heterocycles. The highest BCUT2D eigenvalue weighted by Gasteiger charge is 2.23. The van der Waals surface area contributed by atoms with Crippen LogP contribution in [0.15, 0.2) is 49.1 Å². The minimum atomic E-state index is -0.0962. The number of carbonyl (C=O) groups excluding carboxylic acids is 2. The van der Waals surface area contributed by atoms with Crippen LogP contribution in [0.4, 0.5) is 5.69 Å². The van der Waals surface area contributed by atoms with Gasteiger partial charge in [0.25, 0.3) is 0 Å². The van der Waals surface area contributed by atoms with Crippen LogP contribution < -0.4 is 5.32 Å². The van der Waals surface area contributed by atoms with Crippen molar-refractivity contribution in [2.75, 3.05) is 38.0 Å². The molecule has 158 valence electrons. The molecule has 0 unspecified atom stereocenters. The zero-order valence-electron chi connectivity index (χ0n) is 17.0. The zero-order valence-corrected chi connectivity index (χ0v) is 18.5. The number of carbonyl (C=O) groups is 2. The number of nitrogens with zero attached hydrogens (tertiary/aromatic N) is 2. The molecule has 3 rings (SSSR count). The standard InChI is InChI=1S/C23H25Cl2N3O2/c1-3-16-13-20(25)18(17-7-5-6-8-19(17)24)14-21(16)26-15-23(30)28-11-9-27(10-12-28)22(29)4-2/h4-8,13-14,26H,2-3,9-12,15H2,1H3. The molecule has 1 saturated heterocycles. The van der Waals surface area contributed by atoms with Crippen molar-refractivity contribution in [2.24, 2.45) is 0 Å². The van der Waals surface area contributed by atoms with E-state index in [0.29, 0.717) is 36.2 Å². The minimum absolute atomic E-state index is 0.00278. The van der Waals surface area contributed by atoms with Crippen LogP contribution in [-0.4, -0.2) is 54.3 Å². The van der Waals surface area contributed by atoms with Crippen molar-refractivity contribution in [3.63, 3.8) is 0 Å². The summed E-state index contributed by atoms with van der Waals surface area (Å²) in [5, 5.41) is 4.52. The van der Waals surface area contributed by atoms with E-state index < -0.39 is 0 Å². The Morgan fingerprint density at radius 2 is 1.70 bits per heavy atom. The third-order valence-corrected chi connectivity index (χ3v) is 5.93. The summed E-state index contributed by atoms with van der Waals surface area (Å²) in [6, 6.07) is 11.4. The van der Waals surface area contributed by atoms with Crippen LogP contribution in [-0.2, 0) is 16.0 Å². The molecule has 0 spiro atoms. The van der Waals surface area contributed by atoms with E-state index in [1.54, 1.807) is 9.80 Å². The SMILES string of the molecule is C=CC(=O)N1CCN(C(=O)CNc2cc(-c3ccccc3Cl)c(Cl)cc2CC)CC1. The van der Waals surface area contributed by atoms with Crippen LogP contribution in [0.25, 0.3) is 11.1 Å². The smallest absolute Gasteiger partial charge is 0.246 e. The van der Waals surface area contributed by atoms with Gasteiger partial charge in [-0.05, 0) is 36.3 Å². The highest BCUT2D eigenvalue weighted by molar-refractivity contribution is 6.36. The van der Waals surface area contributed by atoms with E-state index in [-0.39, 0.29) is 18.4 Å².